The Kier molecular flexibility index (Phi) is 5.67. The second-order valence-corrected chi connectivity index (χ2v) is 5.63. The first kappa shape index (κ1) is 15.8. The molecule has 1 atom stereocenters. The minimum Gasteiger partial charge on any atom is -0.480 e. The molecule has 0 saturated carbocycles. The molecule has 106 valence electrons. The Labute approximate surface area is 115 Å². The van der Waals surface area contributed by atoms with Crippen LogP contribution in [0.2, 0.25) is 5.15 Å². The molecular formula is C10H13ClN2O5S. The maximum Gasteiger partial charge on any atom is 0.321 e. The predicted octanol–water partition coefficient (Wildman–Crippen LogP) is 0.503. The van der Waals surface area contributed by atoms with Gasteiger partial charge in [-0.2, -0.15) is 4.72 Å². The maximum absolute atomic E-state index is 12.0. The number of nitrogens with one attached hydrogen (secondary N) is 1. The van der Waals surface area contributed by atoms with Gasteiger partial charge in [0.1, 0.15) is 16.1 Å². The number of ether oxygens (including phenoxy) is 1. The van der Waals surface area contributed by atoms with Gasteiger partial charge < -0.3 is 9.84 Å². The number of hydrogen-bond acceptors (Lipinski definition) is 5. The highest BCUT2D eigenvalue weighted by atomic mass is 35.5. The minimum absolute atomic E-state index is 0.00292. The molecule has 0 spiro atoms. The standard InChI is InChI=1S/C10H13ClN2O5S/c1-18-6-4-7(10(14)15)13-19(16,17)8-3-2-5-12-9(8)11/h2-3,5,7,13H,4,6H2,1H3,(H,14,15). The lowest BCUT2D eigenvalue weighted by Crippen LogP contribution is -2.41. The zero-order chi connectivity index (χ0) is 14.5. The molecule has 0 aliphatic carbocycles. The van der Waals surface area contributed by atoms with Crippen molar-refractivity contribution in [2.24, 2.45) is 0 Å². The highest BCUT2D eigenvalue weighted by molar-refractivity contribution is 7.89. The first-order valence-electron chi connectivity index (χ1n) is 5.23. The molecule has 19 heavy (non-hydrogen) atoms. The molecule has 0 aliphatic rings. The molecule has 0 saturated heterocycles. The number of carboxylic acid groups (broad SMARTS) is 1. The van der Waals surface area contributed by atoms with Crippen molar-refractivity contribution in [1.82, 2.24) is 9.71 Å². The molecule has 0 bridgehead atoms. The number of sulfonamides is 1. The van der Waals surface area contributed by atoms with E-state index in [1.165, 1.54) is 25.4 Å². The summed E-state index contributed by atoms with van der Waals surface area (Å²) >= 11 is 5.67. The third-order valence-electron chi connectivity index (χ3n) is 2.22. The summed E-state index contributed by atoms with van der Waals surface area (Å²) in [6, 6.07) is 1.35. The normalized spacial score (nSPS) is 13.2. The Bertz CT molecular complexity index is 549. The molecule has 0 radical (unpaired) electrons. The Hall–Kier alpha value is -1.22. The molecule has 7 nitrogen and oxygen atoms in total. The zero-order valence-corrected chi connectivity index (χ0v) is 11.6. The molecule has 1 rings (SSSR count). The average Bonchev–Trinajstić information content (AvgIpc) is 2.34. The van der Waals surface area contributed by atoms with Crippen molar-refractivity contribution >= 4 is 27.6 Å². The van der Waals surface area contributed by atoms with Gasteiger partial charge in [0.15, 0.2) is 0 Å². The van der Waals surface area contributed by atoms with Gasteiger partial charge in [-0.1, -0.05) is 11.6 Å². The monoisotopic (exact) mass is 308 g/mol. The number of rotatable bonds is 7. The van der Waals surface area contributed by atoms with Gasteiger partial charge >= 0.3 is 5.97 Å². The van der Waals surface area contributed by atoms with E-state index >= 15 is 0 Å². The molecule has 1 aromatic rings. The quantitative estimate of drug-likeness (QED) is 0.711. The number of carboxylic acids is 1. The Morgan fingerprint density at radius 3 is 2.84 bits per heavy atom. The third kappa shape index (κ3) is 4.43. The first-order valence-corrected chi connectivity index (χ1v) is 7.09. The zero-order valence-electron chi connectivity index (χ0n) is 10.0. The average molecular weight is 309 g/mol. The lowest BCUT2D eigenvalue weighted by atomic mass is 10.2. The summed E-state index contributed by atoms with van der Waals surface area (Å²) in [7, 11) is -2.65. The number of aliphatic carboxylic acids is 1. The second kappa shape index (κ2) is 6.80. The summed E-state index contributed by atoms with van der Waals surface area (Å²) in [4.78, 5) is 14.3. The van der Waals surface area contributed by atoms with E-state index in [1.807, 2.05) is 0 Å². The molecule has 0 aromatic carbocycles. The fourth-order valence-corrected chi connectivity index (χ4v) is 2.97. The van der Waals surface area contributed by atoms with Crippen molar-refractivity contribution < 1.29 is 23.1 Å². The van der Waals surface area contributed by atoms with Crippen molar-refractivity contribution in [3.05, 3.63) is 23.5 Å². The Balaban J connectivity index is 2.95. The highest BCUT2D eigenvalue weighted by Gasteiger charge is 2.26. The van der Waals surface area contributed by atoms with E-state index in [-0.39, 0.29) is 23.1 Å². The largest absolute Gasteiger partial charge is 0.480 e. The van der Waals surface area contributed by atoms with Crippen LogP contribution >= 0.6 is 11.6 Å². The molecule has 1 heterocycles. The van der Waals surface area contributed by atoms with E-state index in [2.05, 4.69) is 9.71 Å². The van der Waals surface area contributed by atoms with Crippen molar-refractivity contribution in [2.75, 3.05) is 13.7 Å². The highest BCUT2D eigenvalue weighted by Crippen LogP contribution is 2.18. The van der Waals surface area contributed by atoms with Gasteiger partial charge in [0, 0.05) is 19.9 Å². The number of halogens is 1. The van der Waals surface area contributed by atoms with Crippen LogP contribution in [0.4, 0.5) is 0 Å². The smallest absolute Gasteiger partial charge is 0.321 e. The van der Waals surface area contributed by atoms with E-state index in [0.29, 0.717) is 0 Å². The summed E-state index contributed by atoms with van der Waals surface area (Å²) in [6.45, 7) is 0.111. The predicted molar refractivity (Wildman–Crippen MR) is 67.5 cm³/mol. The van der Waals surface area contributed by atoms with Crippen LogP contribution in [0.15, 0.2) is 23.2 Å². The number of methoxy groups -OCH3 is 1. The van der Waals surface area contributed by atoms with Crippen LogP contribution in [0, 0.1) is 0 Å². The third-order valence-corrected chi connectivity index (χ3v) is 4.14. The Morgan fingerprint density at radius 2 is 2.32 bits per heavy atom. The molecule has 0 amide bonds. The molecule has 0 aliphatic heterocycles. The van der Waals surface area contributed by atoms with E-state index < -0.39 is 22.0 Å². The van der Waals surface area contributed by atoms with Gasteiger partial charge in [-0.3, -0.25) is 4.79 Å². The van der Waals surface area contributed by atoms with Gasteiger partial charge in [-0.05, 0) is 18.6 Å². The van der Waals surface area contributed by atoms with Crippen LogP contribution in [0.25, 0.3) is 0 Å². The number of pyridine rings is 1. The fourth-order valence-electron chi connectivity index (χ4n) is 1.29. The maximum atomic E-state index is 12.0. The number of hydrogen-bond donors (Lipinski definition) is 2. The van der Waals surface area contributed by atoms with Crippen LogP contribution < -0.4 is 4.72 Å². The van der Waals surface area contributed by atoms with Crippen molar-refractivity contribution in [2.45, 2.75) is 17.4 Å². The summed E-state index contributed by atoms with van der Waals surface area (Å²) in [6.07, 6.45) is 1.34. The molecule has 9 heteroatoms. The van der Waals surface area contributed by atoms with Gasteiger partial charge in [0.25, 0.3) is 0 Å². The van der Waals surface area contributed by atoms with E-state index in [4.69, 9.17) is 21.4 Å². The van der Waals surface area contributed by atoms with Crippen molar-refractivity contribution in [1.29, 1.82) is 0 Å². The van der Waals surface area contributed by atoms with Gasteiger partial charge in [0.05, 0.1) is 0 Å². The van der Waals surface area contributed by atoms with Gasteiger partial charge in [-0.25, -0.2) is 13.4 Å². The molecule has 1 aromatic heterocycles. The van der Waals surface area contributed by atoms with E-state index in [1.54, 1.807) is 0 Å². The molecule has 2 N–H and O–H groups in total. The van der Waals surface area contributed by atoms with Crippen LogP contribution in [-0.2, 0) is 19.6 Å². The molecule has 1 unspecified atom stereocenters. The number of aromatic nitrogens is 1. The lowest BCUT2D eigenvalue weighted by molar-refractivity contribution is -0.139. The summed E-state index contributed by atoms with van der Waals surface area (Å²) in [5.41, 5.74) is 0. The SMILES string of the molecule is COCCC(NS(=O)(=O)c1cccnc1Cl)C(=O)O. The fraction of sp³-hybridized carbons (Fsp3) is 0.400. The van der Waals surface area contributed by atoms with Gasteiger partial charge in [0.2, 0.25) is 10.0 Å². The lowest BCUT2D eigenvalue weighted by Gasteiger charge is -2.14. The minimum atomic E-state index is -4.05. The molecule has 0 fully saturated rings. The van der Waals surface area contributed by atoms with Crippen LogP contribution in [0.3, 0.4) is 0 Å². The van der Waals surface area contributed by atoms with Crippen molar-refractivity contribution in [3.63, 3.8) is 0 Å². The van der Waals surface area contributed by atoms with Gasteiger partial charge in [-0.15, -0.1) is 0 Å². The summed E-state index contributed by atoms with van der Waals surface area (Å²) in [5.74, 6) is -1.29. The Morgan fingerprint density at radius 1 is 1.63 bits per heavy atom. The number of nitrogens with zero attached hydrogens (tertiary/aromatic N) is 1. The second-order valence-electron chi connectivity index (χ2n) is 3.59. The van der Waals surface area contributed by atoms with E-state index in [0.717, 1.165) is 0 Å². The van der Waals surface area contributed by atoms with E-state index in [9.17, 15) is 13.2 Å². The van der Waals surface area contributed by atoms with Crippen molar-refractivity contribution in [3.8, 4) is 0 Å². The number of carbonyl (C=O) groups is 1. The first-order chi connectivity index (χ1) is 8.88. The topological polar surface area (TPSA) is 106 Å². The molecular weight excluding hydrogens is 296 g/mol. The summed E-state index contributed by atoms with van der Waals surface area (Å²) in [5, 5.41) is 8.73. The van der Waals surface area contributed by atoms with Crippen LogP contribution in [0.5, 0.6) is 0 Å². The van der Waals surface area contributed by atoms with Crippen LogP contribution in [-0.4, -0.2) is 44.2 Å². The summed E-state index contributed by atoms with van der Waals surface area (Å²) < 4.78 is 30.8. The van der Waals surface area contributed by atoms with Crippen LogP contribution in [0.1, 0.15) is 6.42 Å².